The summed E-state index contributed by atoms with van der Waals surface area (Å²) in [6, 6.07) is 16.0. The number of nitrogens with zero attached hydrogens (tertiary/aromatic N) is 1. The van der Waals surface area contributed by atoms with Crippen LogP contribution in [-0.2, 0) is 0 Å². The standard InChI is InChI=1S/C20H22N4OS/c1-26-18-9-5-2-6-14(18)20(25)22-13-10-11-21-17(12-13)19-23-15-7-3-4-8-16(15)24-19/h2-9,13,17,21H,10-12H2,1H3,(H,22,25)(H,23,24)/t13-,17-/m1/s1. The van der Waals surface area contributed by atoms with Crippen molar-refractivity contribution in [1.29, 1.82) is 0 Å². The second kappa shape index (κ2) is 7.51. The number of amides is 1. The molecule has 0 saturated carbocycles. The van der Waals surface area contributed by atoms with Gasteiger partial charge in [0.05, 0.1) is 22.6 Å². The van der Waals surface area contributed by atoms with E-state index in [1.54, 1.807) is 11.8 Å². The third-order valence-electron chi connectivity index (χ3n) is 4.83. The number of nitrogens with one attached hydrogen (secondary N) is 3. The first-order chi connectivity index (χ1) is 12.7. The van der Waals surface area contributed by atoms with Crippen molar-refractivity contribution in [3.8, 4) is 0 Å². The maximum atomic E-state index is 12.7. The molecule has 1 aliphatic rings. The van der Waals surface area contributed by atoms with E-state index >= 15 is 0 Å². The average Bonchev–Trinajstić information content (AvgIpc) is 3.12. The molecule has 26 heavy (non-hydrogen) atoms. The molecule has 2 heterocycles. The minimum atomic E-state index is 0.00482. The van der Waals surface area contributed by atoms with E-state index in [1.807, 2.05) is 54.8 Å². The van der Waals surface area contributed by atoms with Crippen molar-refractivity contribution in [2.24, 2.45) is 0 Å². The number of para-hydroxylation sites is 2. The van der Waals surface area contributed by atoms with Gasteiger partial charge in [-0.15, -0.1) is 11.8 Å². The van der Waals surface area contributed by atoms with Crippen molar-refractivity contribution >= 4 is 28.7 Å². The van der Waals surface area contributed by atoms with Gasteiger partial charge in [-0.2, -0.15) is 0 Å². The molecule has 1 aromatic heterocycles. The molecular weight excluding hydrogens is 344 g/mol. The number of H-pyrrole nitrogens is 1. The van der Waals surface area contributed by atoms with Gasteiger partial charge in [0, 0.05) is 10.9 Å². The van der Waals surface area contributed by atoms with Crippen LogP contribution < -0.4 is 10.6 Å². The number of benzene rings is 2. The number of carbonyl (C=O) groups is 1. The Bertz CT molecular complexity index is 890. The predicted octanol–water partition coefficient (Wildman–Crippen LogP) is 3.51. The molecule has 3 N–H and O–H groups in total. The molecule has 6 heteroatoms. The van der Waals surface area contributed by atoms with Crippen molar-refractivity contribution in [1.82, 2.24) is 20.6 Å². The monoisotopic (exact) mass is 366 g/mol. The Kier molecular flexibility index (Phi) is 4.95. The third kappa shape index (κ3) is 3.48. The summed E-state index contributed by atoms with van der Waals surface area (Å²) in [6.45, 7) is 0.858. The van der Waals surface area contributed by atoms with Crippen LogP contribution in [0, 0.1) is 0 Å². The third-order valence-corrected chi connectivity index (χ3v) is 5.62. The molecule has 1 saturated heterocycles. The maximum Gasteiger partial charge on any atom is 0.252 e. The first-order valence-electron chi connectivity index (χ1n) is 8.86. The number of aromatic amines is 1. The lowest BCUT2D eigenvalue weighted by Crippen LogP contribution is -2.44. The predicted molar refractivity (Wildman–Crippen MR) is 106 cm³/mol. The Hall–Kier alpha value is -2.31. The SMILES string of the molecule is CSc1ccccc1C(=O)N[C@@H]1CCN[C@@H](c2nc3ccccc3[nH]2)C1. The number of hydrogen-bond acceptors (Lipinski definition) is 4. The van der Waals surface area contributed by atoms with Crippen LogP contribution in [0.1, 0.15) is 35.1 Å². The van der Waals surface area contributed by atoms with Gasteiger partial charge < -0.3 is 15.6 Å². The van der Waals surface area contributed by atoms with Gasteiger partial charge in [-0.1, -0.05) is 24.3 Å². The molecule has 5 nitrogen and oxygen atoms in total. The van der Waals surface area contributed by atoms with Crippen molar-refractivity contribution in [3.63, 3.8) is 0 Å². The lowest BCUT2D eigenvalue weighted by molar-refractivity contribution is 0.0921. The molecule has 1 amide bonds. The van der Waals surface area contributed by atoms with Gasteiger partial charge in [-0.05, 0) is 49.9 Å². The molecule has 4 rings (SSSR count). The highest BCUT2D eigenvalue weighted by atomic mass is 32.2. The highest BCUT2D eigenvalue weighted by Gasteiger charge is 2.26. The highest BCUT2D eigenvalue weighted by Crippen LogP contribution is 2.25. The van der Waals surface area contributed by atoms with Crippen LogP contribution >= 0.6 is 11.8 Å². The van der Waals surface area contributed by atoms with Crippen LogP contribution in [0.4, 0.5) is 0 Å². The number of imidazole rings is 1. The van der Waals surface area contributed by atoms with Crippen molar-refractivity contribution in [2.75, 3.05) is 12.8 Å². The second-order valence-electron chi connectivity index (χ2n) is 6.54. The Morgan fingerprint density at radius 3 is 2.85 bits per heavy atom. The molecule has 0 radical (unpaired) electrons. The van der Waals surface area contributed by atoms with Crippen LogP contribution in [0.5, 0.6) is 0 Å². The molecule has 134 valence electrons. The van der Waals surface area contributed by atoms with Crippen LogP contribution in [-0.4, -0.2) is 34.7 Å². The number of thioether (sulfide) groups is 1. The zero-order chi connectivity index (χ0) is 17.9. The topological polar surface area (TPSA) is 69.8 Å². The minimum Gasteiger partial charge on any atom is -0.349 e. The molecule has 1 fully saturated rings. The molecule has 3 aromatic rings. The first-order valence-corrected chi connectivity index (χ1v) is 10.1. The van der Waals surface area contributed by atoms with Crippen molar-refractivity contribution < 1.29 is 4.79 Å². The highest BCUT2D eigenvalue weighted by molar-refractivity contribution is 7.98. The summed E-state index contributed by atoms with van der Waals surface area (Å²) in [6.07, 6.45) is 3.74. The minimum absolute atomic E-state index is 0.00482. The van der Waals surface area contributed by atoms with Gasteiger partial charge in [0.25, 0.3) is 5.91 Å². The molecule has 0 spiro atoms. The van der Waals surface area contributed by atoms with Gasteiger partial charge in [0.2, 0.25) is 0 Å². The van der Waals surface area contributed by atoms with Gasteiger partial charge in [-0.25, -0.2) is 4.98 Å². The average molecular weight is 366 g/mol. The Morgan fingerprint density at radius 2 is 2.00 bits per heavy atom. The van der Waals surface area contributed by atoms with E-state index in [9.17, 15) is 4.79 Å². The van der Waals surface area contributed by atoms with Gasteiger partial charge in [0.1, 0.15) is 5.82 Å². The fraction of sp³-hybridized carbons (Fsp3) is 0.300. The van der Waals surface area contributed by atoms with Crippen LogP contribution in [0.3, 0.4) is 0 Å². The lowest BCUT2D eigenvalue weighted by Gasteiger charge is -2.30. The fourth-order valence-corrected chi connectivity index (χ4v) is 4.09. The summed E-state index contributed by atoms with van der Waals surface area (Å²) in [5, 5.41) is 6.72. The van der Waals surface area contributed by atoms with E-state index in [1.165, 1.54) is 0 Å². The summed E-state index contributed by atoms with van der Waals surface area (Å²) in [7, 11) is 0. The van der Waals surface area contributed by atoms with Gasteiger partial charge in [-0.3, -0.25) is 4.79 Å². The van der Waals surface area contributed by atoms with E-state index in [2.05, 4.69) is 15.6 Å². The molecular formula is C20H22N4OS. The van der Waals surface area contributed by atoms with Crippen molar-refractivity contribution in [3.05, 3.63) is 59.9 Å². The van der Waals surface area contributed by atoms with E-state index in [-0.39, 0.29) is 18.0 Å². The zero-order valence-electron chi connectivity index (χ0n) is 14.7. The number of aromatic nitrogens is 2. The molecule has 2 aromatic carbocycles. The number of carbonyl (C=O) groups excluding carboxylic acids is 1. The largest absolute Gasteiger partial charge is 0.349 e. The summed E-state index contributed by atoms with van der Waals surface area (Å²) < 4.78 is 0. The van der Waals surface area contributed by atoms with Gasteiger partial charge >= 0.3 is 0 Å². The summed E-state index contributed by atoms with van der Waals surface area (Å²) >= 11 is 1.60. The smallest absolute Gasteiger partial charge is 0.252 e. The van der Waals surface area contributed by atoms with E-state index < -0.39 is 0 Å². The number of fused-ring (bicyclic) bond motifs is 1. The normalized spacial score (nSPS) is 20.2. The van der Waals surface area contributed by atoms with Crippen molar-refractivity contribution in [2.45, 2.75) is 29.8 Å². The number of hydrogen-bond donors (Lipinski definition) is 3. The molecule has 0 bridgehead atoms. The van der Waals surface area contributed by atoms with Crippen LogP contribution in [0.15, 0.2) is 53.4 Å². The second-order valence-corrected chi connectivity index (χ2v) is 7.39. The molecule has 1 aliphatic heterocycles. The molecule has 2 atom stereocenters. The zero-order valence-corrected chi connectivity index (χ0v) is 15.5. The lowest BCUT2D eigenvalue weighted by atomic mass is 9.98. The van der Waals surface area contributed by atoms with Gasteiger partial charge in [0.15, 0.2) is 0 Å². The molecule has 0 unspecified atom stereocenters. The maximum absolute atomic E-state index is 12.7. The first kappa shape index (κ1) is 17.1. The molecule has 0 aliphatic carbocycles. The van der Waals surface area contributed by atoms with E-state index in [0.29, 0.717) is 0 Å². The Morgan fingerprint density at radius 1 is 1.19 bits per heavy atom. The summed E-state index contributed by atoms with van der Waals surface area (Å²) in [5.41, 5.74) is 2.77. The summed E-state index contributed by atoms with van der Waals surface area (Å²) in [4.78, 5) is 21.8. The van der Waals surface area contributed by atoms with E-state index in [0.717, 1.165) is 46.7 Å². The van der Waals surface area contributed by atoms with Crippen LogP contribution in [0.25, 0.3) is 11.0 Å². The summed E-state index contributed by atoms with van der Waals surface area (Å²) in [5.74, 6) is 0.944. The quantitative estimate of drug-likeness (QED) is 0.618. The fourth-order valence-electron chi connectivity index (χ4n) is 3.49. The van der Waals surface area contributed by atoms with E-state index in [4.69, 9.17) is 4.98 Å². The number of piperidine rings is 1. The van der Waals surface area contributed by atoms with Crippen LogP contribution in [0.2, 0.25) is 0 Å². The Labute approximate surface area is 157 Å². The number of rotatable bonds is 4. The Balaban J connectivity index is 1.47.